The van der Waals surface area contributed by atoms with Crippen LogP contribution in [0.1, 0.15) is 33.4 Å². The first-order valence-corrected chi connectivity index (χ1v) is 11.4. The Hall–Kier alpha value is -4.78. The Morgan fingerprint density at radius 2 is 1.77 bits per heavy atom. The van der Waals surface area contributed by atoms with Crippen molar-refractivity contribution in [3.05, 3.63) is 102 Å². The maximum atomic E-state index is 13.5. The normalized spacial score (nSPS) is 14.3. The molecule has 0 radical (unpaired) electrons. The molecule has 1 unspecified atom stereocenters. The molecule has 7 heteroatoms. The van der Waals surface area contributed by atoms with Crippen molar-refractivity contribution in [2.24, 2.45) is 0 Å². The third-order valence-corrected chi connectivity index (χ3v) is 6.53. The van der Waals surface area contributed by atoms with Gasteiger partial charge in [-0.05, 0) is 40.5 Å². The fourth-order valence-corrected chi connectivity index (χ4v) is 5.04. The first-order chi connectivity index (χ1) is 17.2. The number of aromatic amines is 1. The van der Waals surface area contributed by atoms with E-state index in [-0.39, 0.29) is 11.9 Å². The molecule has 6 aromatic rings. The quantitative estimate of drug-likeness (QED) is 0.362. The van der Waals surface area contributed by atoms with Crippen molar-refractivity contribution in [2.45, 2.75) is 13.0 Å². The highest BCUT2D eigenvalue weighted by atomic mass is 16.3. The van der Waals surface area contributed by atoms with E-state index in [9.17, 15) is 4.79 Å². The smallest absolute Gasteiger partial charge is 0.254 e. The van der Waals surface area contributed by atoms with Crippen LogP contribution in [-0.2, 0) is 0 Å². The number of pyridine rings is 1. The number of aromatic nitrogens is 4. The van der Waals surface area contributed by atoms with Gasteiger partial charge in [0.05, 0.1) is 28.8 Å². The predicted octanol–water partition coefficient (Wildman–Crippen LogP) is 5.57. The van der Waals surface area contributed by atoms with Gasteiger partial charge in [0.15, 0.2) is 11.5 Å². The fraction of sp³-hybridized carbons (Fsp3) is 0.0714. The summed E-state index contributed by atoms with van der Waals surface area (Å²) in [7, 11) is 0. The van der Waals surface area contributed by atoms with Crippen LogP contribution in [-0.4, -0.2) is 25.8 Å². The molecule has 7 rings (SSSR count). The number of hydrogen-bond donors (Lipinski definition) is 2. The van der Waals surface area contributed by atoms with Gasteiger partial charge < -0.3 is 14.7 Å². The Labute approximate surface area is 199 Å². The maximum absolute atomic E-state index is 13.5. The summed E-state index contributed by atoms with van der Waals surface area (Å²) in [6, 6.07) is 21.3. The van der Waals surface area contributed by atoms with Crippen LogP contribution in [0.4, 0.5) is 0 Å². The van der Waals surface area contributed by atoms with Gasteiger partial charge in [0.1, 0.15) is 11.3 Å². The molecular weight excluding hydrogens is 438 g/mol. The second kappa shape index (κ2) is 7.36. The van der Waals surface area contributed by atoms with Crippen molar-refractivity contribution in [1.29, 1.82) is 0 Å². The topological polar surface area (TPSA) is 96.7 Å². The fourth-order valence-electron chi connectivity index (χ4n) is 5.04. The molecule has 3 aromatic heterocycles. The molecule has 3 heterocycles. The first kappa shape index (κ1) is 19.7. The van der Waals surface area contributed by atoms with Crippen LogP contribution in [0.3, 0.4) is 0 Å². The number of amides is 1. The molecule has 35 heavy (non-hydrogen) atoms. The lowest BCUT2D eigenvalue weighted by atomic mass is 9.98. The van der Waals surface area contributed by atoms with Crippen LogP contribution in [0.2, 0.25) is 0 Å². The van der Waals surface area contributed by atoms with E-state index in [4.69, 9.17) is 9.40 Å². The van der Waals surface area contributed by atoms with E-state index in [0.29, 0.717) is 22.6 Å². The Morgan fingerprint density at radius 1 is 0.943 bits per heavy atom. The number of rotatable bonds is 3. The van der Waals surface area contributed by atoms with Gasteiger partial charge >= 0.3 is 0 Å². The standard InChI is InChI=1S/C28H19N5O2/c1-15-30-26-20(10-5-11-23(26)35-15)28(34)33-25-17-7-3-2-6-16(17)24-18(25)8-4-9-19(24)27-31-21-12-13-29-14-22(21)32-27/h2-14,25H,1H3,(H,31,32)(H,33,34). The molecule has 1 amide bonds. The SMILES string of the molecule is Cc1nc2c(C(=O)NC3c4ccccc4-c4c(-c5nc6ccncc6[nH]5)cccc43)cccc2o1. The number of carbonyl (C=O) groups excluding carboxylic acids is 1. The van der Waals surface area contributed by atoms with Crippen molar-refractivity contribution in [2.75, 3.05) is 0 Å². The molecular formula is C28H19N5O2. The Morgan fingerprint density at radius 3 is 2.69 bits per heavy atom. The molecule has 1 atom stereocenters. The lowest BCUT2D eigenvalue weighted by Crippen LogP contribution is -2.28. The molecule has 0 saturated carbocycles. The second-order valence-corrected chi connectivity index (χ2v) is 8.63. The largest absolute Gasteiger partial charge is 0.441 e. The zero-order valence-corrected chi connectivity index (χ0v) is 18.7. The van der Waals surface area contributed by atoms with E-state index in [0.717, 1.165) is 44.7 Å². The van der Waals surface area contributed by atoms with E-state index in [1.165, 1.54) is 0 Å². The van der Waals surface area contributed by atoms with Crippen molar-refractivity contribution in [3.8, 4) is 22.5 Å². The Balaban J connectivity index is 1.35. The molecule has 3 aromatic carbocycles. The number of carbonyl (C=O) groups is 1. The minimum absolute atomic E-state index is 0.197. The predicted molar refractivity (Wildman–Crippen MR) is 133 cm³/mol. The minimum atomic E-state index is -0.303. The highest BCUT2D eigenvalue weighted by molar-refractivity contribution is 6.05. The monoisotopic (exact) mass is 457 g/mol. The molecule has 0 aliphatic heterocycles. The molecule has 1 aliphatic rings. The number of oxazole rings is 1. The number of fused-ring (bicyclic) bond motifs is 5. The average molecular weight is 457 g/mol. The van der Waals surface area contributed by atoms with Gasteiger partial charge in [-0.25, -0.2) is 9.97 Å². The summed E-state index contributed by atoms with van der Waals surface area (Å²) in [6.07, 6.45) is 3.51. The number of hydrogen-bond acceptors (Lipinski definition) is 5. The highest BCUT2D eigenvalue weighted by Crippen LogP contribution is 2.47. The summed E-state index contributed by atoms with van der Waals surface area (Å²) in [4.78, 5) is 30.3. The van der Waals surface area contributed by atoms with E-state index in [1.54, 1.807) is 25.4 Å². The van der Waals surface area contributed by atoms with Gasteiger partial charge in [0.2, 0.25) is 0 Å². The van der Waals surface area contributed by atoms with Crippen LogP contribution in [0.25, 0.3) is 44.6 Å². The molecule has 168 valence electrons. The molecule has 7 nitrogen and oxygen atoms in total. The number of aryl methyl sites for hydroxylation is 1. The molecule has 1 aliphatic carbocycles. The first-order valence-electron chi connectivity index (χ1n) is 11.4. The summed E-state index contributed by atoms with van der Waals surface area (Å²) in [5.41, 5.74) is 8.61. The molecule has 2 N–H and O–H groups in total. The minimum Gasteiger partial charge on any atom is -0.441 e. The second-order valence-electron chi connectivity index (χ2n) is 8.63. The number of benzene rings is 3. The van der Waals surface area contributed by atoms with Crippen LogP contribution < -0.4 is 5.32 Å². The Kier molecular flexibility index (Phi) is 4.14. The van der Waals surface area contributed by atoms with Crippen LogP contribution in [0.5, 0.6) is 0 Å². The summed E-state index contributed by atoms with van der Waals surface area (Å²) in [5, 5.41) is 3.25. The van der Waals surface area contributed by atoms with Gasteiger partial charge in [-0.3, -0.25) is 9.78 Å². The zero-order valence-electron chi connectivity index (χ0n) is 18.7. The van der Waals surface area contributed by atoms with Gasteiger partial charge in [-0.15, -0.1) is 0 Å². The van der Waals surface area contributed by atoms with Gasteiger partial charge in [0.25, 0.3) is 5.91 Å². The molecule has 0 spiro atoms. The summed E-state index contributed by atoms with van der Waals surface area (Å²) in [5.74, 6) is 1.11. The Bertz CT molecular complexity index is 1750. The number of imidazole rings is 1. The van der Waals surface area contributed by atoms with E-state index in [1.807, 2.05) is 36.4 Å². The van der Waals surface area contributed by atoms with Crippen molar-refractivity contribution in [1.82, 2.24) is 25.3 Å². The number of nitrogens with zero attached hydrogens (tertiary/aromatic N) is 3. The highest BCUT2D eigenvalue weighted by Gasteiger charge is 2.33. The lowest BCUT2D eigenvalue weighted by molar-refractivity contribution is 0.0945. The average Bonchev–Trinajstić information content (AvgIpc) is 3.57. The lowest BCUT2D eigenvalue weighted by Gasteiger charge is -2.16. The zero-order chi connectivity index (χ0) is 23.5. The summed E-state index contributed by atoms with van der Waals surface area (Å²) >= 11 is 0. The van der Waals surface area contributed by atoms with Crippen molar-refractivity contribution >= 4 is 28.0 Å². The maximum Gasteiger partial charge on any atom is 0.254 e. The summed E-state index contributed by atoms with van der Waals surface area (Å²) in [6.45, 7) is 1.78. The third kappa shape index (κ3) is 2.98. The number of H-pyrrole nitrogens is 1. The van der Waals surface area contributed by atoms with Crippen LogP contribution in [0, 0.1) is 6.92 Å². The number of nitrogens with one attached hydrogen (secondary N) is 2. The van der Waals surface area contributed by atoms with Crippen LogP contribution >= 0.6 is 0 Å². The molecule has 0 bridgehead atoms. The van der Waals surface area contributed by atoms with Crippen molar-refractivity contribution in [3.63, 3.8) is 0 Å². The van der Waals surface area contributed by atoms with Crippen LogP contribution in [0.15, 0.2) is 83.5 Å². The molecule has 0 saturated heterocycles. The third-order valence-electron chi connectivity index (χ3n) is 6.53. The van der Waals surface area contributed by atoms with E-state index < -0.39 is 0 Å². The van der Waals surface area contributed by atoms with Gasteiger partial charge in [-0.2, -0.15) is 0 Å². The van der Waals surface area contributed by atoms with E-state index in [2.05, 4.69) is 44.5 Å². The number of para-hydroxylation sites is 1. The van der Waals surface area contributed by atoms with Gasteiger partial charge in [-0.1, -0.05) is 48.5 Å². The van der Waals surface area contributed by atoms with Gasteiger partial charge in [0, 0.05) is 18.7 Å². The van der Waals surface area contributed by atoms with E-state index >= 15 is 0 Å². The van der Waals surface area contributed by atoms with Crippen molar-refractivity contribution < 1.29 is 9.21 Å². The molecule has 0 fully saturated rings. The summed E-state index contributed by atoms with van der Waals surface area (Å²) < 4.78 is 5.62.